The molecule has 118 valence electrons. The summed E-state index contributed by atoms with van der Waals surface area (Å²) >= 11 is 0. The number of carbonyl (C=O) groups excluding carboxylic acids is 1. The summed E-state index contributed by atoms with van der Waals surface area (Å²) in [6.45, 7) is 4.99. The van der Waals surface area contributed by atoms with Crippen LogP contribution < -0.4 is 15.4 Å². The smallest absolute Gasteiger partial charge is 0.319 e. The molecule has 2 amide bonds. The van der Waals surface area contributed by atoms with Gasteiger partial charge in [0.1, 0.15) is 5.75 Å². The summed E-state index contributed by atoms with van der Waals surface area (Å²) in [6, 6.07) is 6.97. The normalized spacial score (nSPS) is 12.0. The van der Waals surface area contributed by atoms with Crippen molar-refractivity contribution in [1.82, 2.24) is 5.32 Å². The Morgan fingerprint density at radius 2 is 2.14 bits per heavy atom. The summed E-state index contributed by atoms with van der Waals surface area (Å²) < 4.78 is 5.11. The highest BCUT2D eigenvalue weighted by Crippen LogP contribution is 2.17. The molecule has 1 aromatic rings. The molecule has 0 aliphatic carbocycles. The third-order valence-corrected chi connectivity index (χ3v) is 3.22. The van der Waals surface area contributed by atoms with Gasteiger partial charge in [0.2, 0.25) is 0 Å². The fourth-order valence-corrected chi connectivity index (χ4v) is 2.27. The minimum Gasteiger partial charge on any atom is -0.497 e. The number of nitrogens with one attached hydrogen (secondary N) is 2. The molecule has 5 heteroatoms. The van der Waals surface area contributed by atoms with Gasteiger partial charge in [0.25, 0.3) is 0 Å². The second kappa shape index (κ2) is 9.23. The molecule has 1 atom stereocenters. The zero-order valence-electron chi connectivity index (χ0n) is 13.1. The minimum absolute atomic E-state index is 0.149. The molecule has 0 spiro atoms. The number of hydrogen-bond acceptors (Lipinski definition) is 3. The Hall–Kier alpha value is -1.75. The Balaban J connectivity index is 2.44. The number of carbonyl (C=O) groups is 1. The number of urea groups is 1. The number of amides is 2. The van der Waals surface area contributed by atoms with E-state index in [0.717, 1.165) is 6.42 Å². The Morgan fingerprint density at radius 3 is 2.76 bits per heavy atom. The average molecular weight is 294 g/mol. The van der Waals surface area contributed by atoms with Crippen molar-refractivity contribution in [3.8, 4) is 5.75 Å². The van der Waals surface area contributed by atoms with Gasteiger partial charge in [-0.3, -0.25) is 0 Å². The molecule has 0 fully saturated rings. The minimum atomic E-state index is -0.241. The Kier molecular flexibility index (Phi) is 7.61. The van der Waals surface area contributed by atoms with E-state index in [4.69, 9.17) is 9.84 Å². The Bertz CT molecular complexity index is 435. The van der Waals surface area contributed by atoms with Crippen LogP contribution in [0.25, 0.3) is 0 Å². The highest BCUT2D eigenvalue weighted by atomic mass is 16.5. The van der Waals surface area contributed by atoms with Crippen molar-refractivity contribution >= 4 is 11.7 Å². The molecule has 0 aliphatic heterocycles. The number of rotatable bonds is 8. The molecule has 3 N–H and O–H groups in total. The van der Waals surface area contributed by atoms with Crippen molar-refractivity contribution in [1.29, 1.82) is 0 Å². The molecule has 0 heterocycles. The van der Waals surface area contributed by atoms with Gasteiger partial charge < -0.3 is 20.5 Å². The average Bonchev–Trinajstić information content (AvgIpc) is 2.44. The molecule has 0 bridgehead atoms. The van der Waals surface area contributed by atoms with E-state index in [9.17, 15) is 4.79 Å². The number of ether oxygens (including phenoxy) is 1. The predicted octanol–water partition coefficient (Wildman–Crippen LogP) is 2.86. The second-order valence-electron chi connectivity index (χ2n) is 5.57. The lowest BCUT2D eigenvalue weighted by Crippen LogP contribution is -2.33. The zero-order chi connectivity index (χ0) is 15.7. The van der Waals surface area contributed by atoms with Crippen molar-refractivity contribution < 1.29 is 14.6 Å². The number of aliphatic hydroxyl groups excluding tert-OH is 1. The van der Waals surface area contributed by atoms with Crippen LogP contribution in [0.15, 0.2) is 24.3 Å². The topological polar surface area (TPSA) is 70.6 Å². The monoisotopic (exact) mass is 294 g/mol. The molecule has 0 radical (unpaired) electrons. The predicted molar refractivity (Wildman–Crippen MR) is 84.7 cm³/mol. The van der Waals surface area contributed by atoms with E-state index in [1.165, 1.54) is 0 Å². The largest absolute Gasteiger partial charge is 0.497 e. The van der Waals surface area contributed by atoms with Crippen LogP contribution in [0.4, 0.5) is 10.5 Å². The highest BCUT2D eigenvalue weighted by molar-refractivity contribution is 5.89. The van der Waals surface area contributed by atoms with Gasteiger partial charge in [-0.1, -0.05) is 19.9 Å². The highest BCUT2D eigenvalue weighted by Gasteiger charge is 2.12. The van der Waals surface area contributed by atoms with Crippen LogP contribution in [0.5, 0.6) is 5.75 Å². The summed E-state index contributed by atoms with van der Waals surface area (Å²) in [5.74, 6) is 1.54. The van der Waals surface area contributed by atoms with Crippen LogP contribution in [0, 0.1) is 11.8 Å². The molecule has 0 saturated heterocycles. The fourth-order valence-electron chi connectivity index (χ4n) is 2.27. The maximum absolute atomic E-state index is 11.9. The van der Waals surface area contributed by atoms with Crippen LogP contribution in [0.3, 0.4) is 0 Å². The lowest BCUT2D eigenvalue weighted by atomic mass is 9.94. The fraction of sp³-hybridized carbons (Fsp3) is 0.562. The van der Waals surface area contributed by atoms with Gasteiger partial charge in [-0.25, -0.2) is 4.79 Å². The number of methoxy groups -OCH3 is 1. The van der Waals surface area contributed by atoms with Crippen LogP contribution in [0.1, 0.15) is 26.7 Å². The van der Waals surface area contributed by atoms with Gasteiger partial charge >= 0.3 is 6.03 Å². The summed E-state index contributed by atoms with van der Waals surface area (Å²) in [4.78, 5) is 11.9. The SMILES string of the molecule is COc1cccc(NC(=O)NCC(CCO)CC(C)C)c1. The quantitative estimate of drug-likeness (QED) is 0.690. The van der Waals surface area contributed by atoms with Crippen molar-refractivity contribution in [2.24, 2.45) is 11.8 Å². The molecule has 0 aromatic heterocycles. The maximum Gasteiger partial charge on any atom is 0.319 e. The van der Waals surface area contributed by atoms with Gasteiger partial charge in [-0.05, 0) is 36.8 Å². The van der Waals surface area contributed by atoms with Crippen LogP contribution in [0.2, 0.25) is 0 Å². The number of hydrogen-bond donors (Lipinski definition) is 3. The van der Waals surface area contributed by atoms with Crippen LogP contribution >= 0.6 is 0 Å². The van der Waals surface area contributed by atoms with E-state index in [0.29, 0.717) is 36.2 Å². The lowest BCUT2D eigenvalue weighted by molar-refractivity contribution is 0.231. The number of anilines is 1. The Morgan fingerprint density at radius 1 is 1.38 bits per heavy atom. The lowest BCUT2D eigenvalue weighted by Gasteiger charge is -2.18. The van der Waals surface area contributed by atoms with E-state index in [1.54, 1.807) is 19.2 Å². The first-order chi connectivity index (χ1) is 10.0. The first-order valence-electron chi connectivity index (χ1n) is 7.35. The van der Waals surface area contributed by atoms with Crippen molar-refractivity contribution in [3.63, 3.8) is 0 Å². The van der Waals surface area contributed by atoms with Gasteiger partial charge in [0.05, 0.1) is 7.11 Å². The maximum atomic E-state index is 11.9. The third-order valence-electron chi connectivity index (χ3n) is 3.22. The van der Waals surface area contributed by atoms with Gasteiger partial charge in [0.15, 0.2) is 0 Å². The molecule has 1 unspecified atom stereocenters. The third kappa shape index (κ3) is 6.99. The van der Waals surface area contributed by atoms with Crippen LogP contribution in [-0.4, -0.2) is 31.4 Å². The van der Waals surface area contributed by atoms with E-state index >= 15 is 0 Å². The van der Waals surface area contributed by atoms with Crippen LogP contribution in [-0.2, 0) is 0 Å². The summed E-state index contributed by atoms with van der Waals surface area (Å²) in [5.41, 5.74) is 0.689. The van der Waals surface area contributed by atoms with E-state index < -0.39 is 0 Å². The van der Waals surface area contributed by atoms with Gasteiger partial charge in [-0.15, -0.1) is 0 Å². The molecular formula is C16H26N2O3. The summed E-state index contributed by atoms with van der Waals surface area (Å²) in [5, 5.41) is 14.7. The summed E-state index contributed by atoms with van der Waals surface area (Å²) in [7, 11) is 1.59. The zero-order valence-corrected chi connectivity index (χ0v) is 13.1. The standard InChI is InChI=1S/C16H26N2O3/c1-12(2)9-13(7-8-19)11-17-16(20)18-14-5-4-6-15(10-14)21-3/h4-6,10,12-13,19H,7-9,11H2,1-3H3,(H2,17,18,20). The van der Waals surface area contributed by atoms with Gasteiger partial charge in [0, 0.05) is 24.9 Å². The molecule has 21 heavy (non-hydrogen) atoms. The van der Waals surface area contributed by atoms with Crippen molar-refractivity contribution in [2.45, 2.75) is 26.7 Å². The number of aliphatic hydroxyl groups is 1. The summed E-state index contributed by atoms with van der Waals surface area (Å²) in [6.07, 6.45) is 1.69. The molecule has 0 saturated carbocycles. The molecule has 0 aliphatic rings. The molecular weight excluding hydrogens is 268 g/mol. The van der Waals surface area contributed by atoms with E-state index in [-0.39, 0.29) is 12.6 Å². The molecule has 1 aromatic carbocycles. The first kappa shape index (κ1) is 17.3. The van der Waals surface area contributed by atoms with E-state index in [2.05, 4.69) is 24.5 Å². The van der Waals surface area contributed by atoms with Gasteiger partial charge in [-0.2, -0.15) is 0 Å². The Labute approximate surface area is 126 Å². The van der Waals surface area contributed by atoms with E-state index in [1.807, 2.05) is 12.1 Å². The molecule has 1 rings (SSSR count). The molecule has 5 nitrogen and oxygen atoms in total. The first-order valence-corrected chi connectivity index (χ1v) is 7.35. The second-order valence-corrected chi connectivity index (χ2v) is 5.57. The number of benzene rings is 1. The van der Waals surface area contributed by atoms with Crippen molar-refractivity contribution in [2.75, 3.05) is 25.6 Å². The van der Waals surface area contributed by atoms with Crippen molar-refractivity contribution in [3.05, 3.63) is 24.3 Å².